The van der Waals surface area contributed by atoms with Crippen LogP contribution in [-0.2, 0) is 27.5 Å². The number of nitrogens with zero attached hydrogens (tertiary/aromatic N) is 3. The maximum absolute atomic E-state index is 10.6. The van der Waals surface area contributed by atoms with Gasteiger partial charge in [0.05, 0.1) is 12.8 Å². The molecule has 2 fully saturated rings. The summed E-state index contributed by atoms with van der Waals surface area (Å²) in [5.74, 6) is -5.55. The number of alkyl halides is 9. The Kier molecular flexibility index (Phi) is 13.2. The van der Waals surface area contributed by atoms with Gasteiger partial charge < -0.3 is 19.7 Å². The number of aliphatic carboxylic acids is 3. The third kappa shape index (κ3) is 13.7. The van der Waals surface area contributed by atoms with Gasteiger partial charge >= 0.3 is 36.4 Å². The van der Waals surface area contributed by atoms with Crippen LogP contribution in [0.1, 0.15) is 11.3 Å². The average molecular weight is 625 g/mol. The number of aromatic nitrogens is 1. The maximum atomic E-state index is 10.6. The first kappa shape index (κ1) is 36.2. The van der Waals surface area contributed by atoms with Crippen molar-refractivity contribution in [2.24, 2.45) is 11.8 Å². The quantitative estimate of drug-likeness (QED) is 0.424. The molecule has 42 heavy (non-hydrogen) atoms. The van der Waals surface area contributed by atoms with E-state index in [0.29, 0.717) is 0 Å². The van der Waals surface area contributed by atoms with Crippen molar-refractivity contribution in [2.45, 2.75) is 31.6 Å². The number of carboxylic acid groups (broad SMARTS) is 3. The van der Waals surface area contributed by atoms with Crippen LogP contribution in [0.2, 0.25) is 0 Å². The Morgan fingerprint density at radius 2 is 1.14 bits per heavy atom. The van der Waals surface area contributed by atoms with Gasteiger partial charge in [-0.05, 0) is 35.6 Å². The van der Waals surface area contributed by atoms with E-state index in [0.717, 1.165) is 30.7 Å². The molecule has 19 heteroatoms. The van der Waals surface area contributed by atoms with Crippen LogP contribution in [-0.4, -0.2) is 92.7 Å². The zero-order valence-electron chi connectivity index (χ0n) is 21.2. The van der Waals surface area contributed by atoms with Gasteiger partial charge in [-0.1, -0.05) is 6.07 Å². The van der Waals surface area contributed by atoms with Crippen molar-refractivity contribution in [3.63, 3.8) is 0 Å². The molecule has 2 saturated heterocycles. The van der Waals surface area contributed by atoms with Crippen molar-refractivity contribution < 1.29 is 73.6 Å². The van der Waals surface area contributed by atoms with Crippen LogP contribution in [0.5, 0.6) is 0 Å². The molecule has 0 amide bonds. The molecule has 236 valence electrons. The van der Waals surface area contributed by atoms with Crippen molar-refractivity contribution in [2.75, 3.05) is 26.2 Å². The second-order valence-corrected chi connectivity index (χ2v) is 8.76. The minimum absolute atomic E-state index is 0.816. The monoisotopic (exact) mass is 625 g/mol. The number of pyridine rings is 1. The van der Waals surface area contributed by atoms with Gasteiger partial charge in [-0.3, -0.25) is 14.8 Å². The summed E-state index contributed by atoms with van der Waals surface area (Å²) >= 11 is 0. The second kappa shape index (κ2) is 15.4. The number of likely N-dealkylation sites (tertiary alicyclic amines) is 2. The molecule has 0 spiro atoms. The number of carbonyl (C=O) groups is 3. The fourth-order valence-electron chi connectivity index (χ4n) is 3.82. The Morgan fingerprint density at radius 3 is 1.45 bits per heavy atom. The topological polar surface area (TPSA) is 144 Å². The van der Waals surface area contributed by atoms with E-state index >= 15 is 0 Å². The summed E-state index contributed by atoms with van der Waals surface area (Å²) in [4.78, 5) is 36.0. The highest BCUT2D eigenvalue weighted by molar-refractivity contribution is 5.73. The van der Waals surface area contributed by atoms with Crippen LogP contribution in [0.15, 0.2) is 47.3 Å². The predicted octanol–water partition coefficient (Wildman–Crippen LogP) is 4.14. The minimum Gasteiger partial charge on any atom is -0.475 e. The molecular weight excluding hydrogens is 601 g/mol. The highest BCUT2D eigenvalue weighted by Crippen LogP contribution is 2.32. The van der Waals surface area contributed by atoms with Gasteiger partial charge in [0.25, 0.3) is 0 Å². The summed E-state index contributed by atoms with van der Waals surface area (Å²) in [7, 11) is 0. The van der Waals surface area contributed by atoms with Crippen LogP contribution in [0.25, 0.3) is 0 Å². The van der Waals surface area contributed by atoms with Crippen molar-refractivity contribution in [3.05, 3.63) is 54.2 Å². The highest BCUT2D eigenvalue weighted by atomic mass is 19.4. The standard InChI is InChI=1S/C17H21N3O.3C2HF3O2/c1-3-14(7-18-5-1)8-19-9-15-11-20(12-16(15)10-19)13-17-4-2-6-21-17;3*3-2(4,5)1(6)7/h1-7,15-16H,8-13H2;3*(H,6,7). The number of halogens is 9. The smallest absolute Gasteiger partial charge is 0.475 e. The first-order valence-electron chi connectivity index (χ1n) is 11.5. The second-order valence-electron chi connectivity index (χ2n) is 8.76. The first-order chi connectivity index (χ1) is 19.2. The molecule has 0 bridgehead atoms. The summed E-state index contributed by atoms with van der Waals surface area (Å²) in [6.45, 7) is 6.84. The summed E-state index contributed by atoms with van der Waals surface area (Å²) < 4.78 is 101. The summed E-state index contributed by atoms with van der Waals surface area (Å²) in [6, 6.07) is 8.24. The van der Waals surface area contributed by atoms with Gasteiger partial charge in [-0.2, -0.15) is 39.5 Å². The lowest BCUT2D eigenvalue weighted by Crippen LogP contribution is -2.28. The Labute approximate surface area is 230 Å². The van der Waals surface area contributed by atoms with Crippen molar-refractivity contribution >= 4 is 17.9 Å². The van der Waals surface area contributed by atoms with E-state index in [1.54, 1.807) is 6.26 Å². The van der Waals surface area contributed by atoms with Gasteiger partial charge in [-0.25, -0.2) is 14.4 Å². The van der Waals surface area contributed by atoms with Gasteiger partial charge in [0.1, 0.15) is 5.76 Å². The third-order valence-corrected chi connectivity index (χ3v) is 5.45. The minimum atomic E-state index is -5.08. The zero-order chi connectivity index (χ0) is 32.3. The molecule has 4 rings (SSSR count). The third-order valence-electron chi connectivity index (χ3n) is 5.45. The van der Waals surface area contributed by atoms with E-state index in [2.05, 4.69) is 26.9 Å². The molecule has 2 unspecified atom stereocenters. The largest absolute Gasteiger partial charge is 0.490 e. The molecule has 0 aliphatic carbocycles. The first-order valence-corrected chi connectivity index (χ1v) is 11.5. The van der Waals surface area contributed by atoms with E-state index in [9.17, 15) is 39.5 Å². The lowest BCUT2D eigenvalue weighted by molar-refractivity contribution is -0.193. The van der Waals surface area contributed by atoms with Crippen molar-refractivity contribution in [3.8, 4) is 0 Å². The van der Waals surface area contributed by atoms with Crippen molar-refractivity contribution in [1.82, 2.24) is 14.8 Å². The zero-order valence-corrected chi connectivity index (χ0v) is 21.2. The van der Waals surface area contributed by atoms with E-state index in [1.165, 1.54) is 31.7 Å². The van der Waals surface area contributed by atoms with E-state index in [-0.39, 0.29) is 0 Å². The number of hydrogen-bond donors (Lipinski definition) is 3. The molecule has 0 saturated carbocycles. The molecule has 2 aromatic heterocycles. The molecule has 3 N–H and O–H groups in total. The number of furan rings is 1. The van der Waals surface area contributed by atoms with Crippen LogP contribution in [0, 0.1) is 11.8 Å². The number of carboxylic acids is 3. The van der Waals surface area contributed by atoms with Crippen LogP contribution in [0.4, 0.5) is 39.5 Å². The van der Waals surface area contributed by atoms with Gasteiger partial charge in [0, 0.05) is 45.1 Å². The summed E-state index contributed by atoms with van der Waals surface area (Å²) in [5.41, 5.74) is 1.32. The van der Waals surface area contributed by atoms with Gasteiger partial charge in [0.15, 0.2) is 0 Å². The van der Waals surface area contributed by atoms with E-state index in [4.69, 9.17) is 34.1 Å². The Bertz CT molecular complexity index is 1050. The molecule has 0 radical (unpaired) electrons. The normalized spacial score (nSPS) is 18.8. The molecule has 4 heterocycles. The average Bonchev–Trinajstić information content (AvgIpc) is 3.57. The SMILES string of the molecule is O=C(O)C(F)(F)F.O=C(O)C(F)(F)F.O=C(O)C(F)(F)F.c1cncc(CN2CC3CN(Cc4ccco4)CC3C2)c1. The summed E-state index contributed by atoms with van der Waals surface area (Å²) in [5, 5.41) is 21.4. The Hall–Kier alpha value is -3.87. The molecule has 10 nitrogen and oxygen atoms in total. The lowest BCUT2D eigenvalue weighted by atomic mass is 10.0. The predicted molar refractivity (Wildman–Crippen MR) is 122 cm³/mol. The molecular formula is C23H24F9N3O7. The fourth-order valence-corrected chi connectivity index (χ4v) is 3.82. The van der Waals surface area contributed by atoms with Gasteiger partial charge in [-0.15, -0.1) is 0 Å². The Morgan fingerprint density at radius 1 is 0.738 bits per heavy atom. The van der Waals surface area contributed by atoms with Crippen LogP contribution in [0.3, 0.4) is 0 Å². The molecule has 2 aliphatic heterocycles. The fraction of sp³-hybridized carbons (Fsp3) is 0.478. The molecule has 2 aromatic rings. The number of hydrogen-bond acceptors (Lipinski definition) is 7. The lowest BCUT2D eigenvalue weighted by Gasteiger charge is -2.20. The highest BCUT2D eigenvalue weighted by Gasteiger charge is 2.40. The van der Waals surface area contributed by atoms with E-state index in [1.807, 2.05) is 24.5 Å². The summed E-state index contributed by atoms with van der Waals surface area (Å²) in [6.07, 6.45) is -9.66. The molecule has 2 aliphatic rings. The van der Waals surface area contributed by atoms with Gasteiger partial charge in [0.2, 0.25) is 0 Å². The van der Waals surface area contributed by atoms with Crippen LogP contribution < -0.4 is 0 Å². The molecule has 0 aromatic carbocycles. The number of fused-ring (bicyclic) bond motifs is 1. The number of rotatable bonds is 4. The van der Waals surface area contributed by atoms with Crippen LogP contribution >= 0.6 is 0 Å². The molecule has 2 atom stereocenters. The Balaban J connectivity index is 0.000000348. The van der Waals surface area contributed by atoms with E-state index < -0.39 is 36.4 Å². The van der Waals surface area contributed by atoms with Crippen molar-refractivity contribution in [1.29, 1.82) is 0 Å². The maximum Gasteiger partial charge on any atom is 0.490 e.